The number of benzene rings is 1. The highest BCUT2D eigenvalue weighted by atomic mass is 16.5. The van der Waals surface area contributed by atoms with Crippen LogP contribution in [0.1, 0.15) is 25.3 Å². The maximum absolute atomic E-state index is 11.9. The van der Waals surface area contributed by atoms with Gasteiger partial charge in [-0.3, -0.25) is 9.59 Å². The van der Waals surface area contributed by atoms with Crippen LogP contribution >= 0.6 is 0 Å². The van der Waals surface area contributed by atoms with Gasteiger partial charge in [0, 0.05) is 30.1 Å². The van der Waals surface area contributed by atoms with E-state index in [1.54, 1.807) is 6.92 Å². The number of carbonyl (C=O) groups excluding carboxylic acids is 1. The Balaban J connectivity index is 1.77. The maximum atomic E-state index is 11.9. The number of rotatable bonds is 7. The molecule has 1 aromatic carbocycles. The summed E-state index contributed by atoms with van der Waals surface area (Å²) in [6.45, 7) is 2.03. The number of aromatic nitrogens is 1. The van der Waals surface area contributed by atoms with Crippen LogP contribution in [0.2, 0.25) is 0 Å². The van der Waals surface area contributed by atoms with Crippen molar-refractivity contribution in [2.24, 2.45) is 24.6 Å². The van der Waals surface area contributed by atoms with Crippen LogP contribution in [0.25, 0.3) is 10.9 Å². The van der Waals surface area contributed by atoms with E-state index in [9.17, 15) is 14.7 Å². The number of carboxylic acids is 1. The van der Waals surface area contributed by atoms with Crippen molar-refractivity contribution in [1.29, 1.82) is 0 Å². The zero-order chi connectivity index (χ0) is 18.2. The molecule has 0 radical (unpaired) electrons. The second-order valence-corrected chi connectivity index (χ2v) is 6.83. The van der Waals surface area contributed by atoms with Crippen molar-refractivity contribution >= 4 is 22.8 Å². The van der Waals surface area contributed by atoms with E-state index in [0.717, 1.165) is 16.5 Å². The number of esters is 1. The van der Waals surface area contributed by atoms with Gasteiger partial charge in [-0.15, -0.1) is 0 Å². The molecule has 3 N–H and O–H groups in total. The third-order valence-corrected chi connectivity index (χ3v) is 5.23. The van der Waals surface area contributed by atoms with E-state index < -0.39 is 17.4 Å². The average molecular weight is 344 g/mol. The SMILES string of the molecule is CCOC(=O)[C@@H]1C[C@H]1C(N)(CCc1cn(C)c2ccccc12)C(=O)O. The van der Waals surface area contributed by atoms with Crippen molar-refractivity contribution in [1.82, 2.24) is 4.57 Å². The van der Waals surface area contributed by atoms with Gasteiger partial charge < -0.3 is 20.1 Å². The van der Waals surface area contributed by atoms with Crippen LogP contribution in [0.3, 0.4) is 0 Å². The molecule has 1 unspecified atom stereocenters. The van der Waals surface area contributed by atoms with Crippen LogP contribution in [0.15, 0.2) is 30.5 Å². The molecule has 1 saturated carbocycles. The summed E-state index contributed by atoms with van der Waals surface area (Å²) >= 11 is 0. The molecule has 1 aromatic heterocycles. The third kappa shape index (κ3) is 3.14. The van der Waals surface area contributed by atoms with Crippen molar-refractivity contribution in [3.05, 3.63) is 36.0 Å². The van der Waals surface area contributed by atoms with Gasteiger partial charge in [0.05, 0.1) is 12.5 Å². The zero-order valence-corrected chi connectivity index (χ0v) is 14.6. The lowest BCUT2D eigenvalue weighted by molar-refractivity contribution is -0.147. The molecule has 1 aliphatic rings. The summed E-state index contributed by atoms with van der Waals surface area (Å²) in [4.78, 5) is 23.7. The molecule has 25 heavy (non-hydrogen) atoms. The lowest BCUT2D eigenvalue weighted by Gasteiger charge is -2.25. The van der Waals surface area contributed by atoms with E-state index in [1.165, 1.54) is 0 Å². The lowest BCUT2D eigenvalue weighted by Crippen LogP contribution is -2.51. The minimum Gasteiger partial charge on any atom is -0.480 e. The molecule has 1 heterocycles. The topological polar surface area (TPSA) is 94.5 Å². The Hall–Kier alpha value is -2.34. The second-order valence-electron chi connectivity index (χ2n) is 6.83. The Labute approximate surface area is 146 Å². The van der Waals surface area contributed by atoms with Gasteiger partial charge in [0.15, 0.2) is 0 Å². The number of carbonyl (C=O) groups is 2. The number of para-hydroxylation sites is 1. The van der Waals surface area contributed by atoms with E-state index in [-0.39, 0.29) is 18.3 Å². The number of hydrogen-bond donors (Lipinski definition) is 2. The van der Waals surface area contributed by atoms with Crippen LogP contribution in [-0.2, 0) is 27.8 Å². The predicted molar refractivity (Wildman–Crippen MR) is 94.0 cm³/mol. The standard InChI is InChI=1S/C19H24N2O4/c1-3-25-17(22)14-10-15(14)19(20,18(23)24)9-8-12-11-21(2)16-7-5-4-6-13(12)16/h4-7,11,14-15H,3,8-10,20H2,1-2H3,(H,23,24)/t14-,15-,19?/m1/s1. The fraction of sp³-hybridized carbons (Fsp3) is 0.474. The predicted octanol–water partition coefficient (Wildman–Crippen LogP) is 2.09. The summed E-state index contributed by atoms with van der Waals surface area (Å²) in [6, 6.07) is 8.01. The first-order chi connectivity index (χ1) is 11.9. The van der Waals surface area contributed by atoms with Crippen molar-refractivity contribution in [3.63, 3.8) is 0 Å². The van der Waals surface area contributed by atoms with Gasteiger partial charge in [-0.05, 0) is 37.8 Å². The number of nitrogens with zero attached hydrogens (tertiary/aromatic N) is 1. The summed E-state index contributed by atoms with van der Waals surface area (Å²) in [5, 5.41) is 10.8. The van der Waals surface area contributed by atoms with Crippen LogP contribution in [0.4, 0.5) is 0 Å². The minimum absolute atomic E-state index is 0.289. The molecule has 0 spiro atoms. The number of ether oxygens (including phenoxy) is 1. The van der Waals surface area contributed by atoms with E-state index in [1.807, 2.05) is 42.1 Å². The molecule has 3 rings (SSSR count). The summed E-state index contributed by atoms with van der Waals surface area (Å²) in [6.07, 6.45) is 3.34. The normalized spacial score (nSPS) is 21.7. The average Bonchev–Trinajstić information content (AvgIpc) is 3.33. The molecule has 2 aromatic rings. The lowest BCUT2D eigenvalue weighted by atomic mass is 9.86. The number of carboxylic acid groups (broad SMARTS) is 1. The van der Waals surface area contributed by atoms with E-state index >= 15 is 0 Å². The molecule has 6 heteroatoms. The van der Waals surface area contributed by atoms with E-state index in [4.69, 9.17) is 10.5 Å². The zero-order valence-electron chi connectivity index (χ0n) is 14.6. The van der Waals surface area contributed by atoms with Crippen molar-refractivity contribution in [3.8, 4) is 0 Å². The van der Waals surface area contributed by atoms with Gasteiger partial charge >= 0.3 is 11.9 Å². The molecule has 6 nitrogen and oxygen atoms in total. The number of nitrogens with two attached hydrogens (primary N) is 1. The number of aliphatic carboxylic acids is 1. The number of hydrogen-bond acceptors (Lipinski definition) is 4. The highest BCUT2D eigenvalue weighted by Crippen LogP contribution is 2.48. The number of aryl methyl sites for hydroxylation is 2. The molecule has 134 valence electrons. The Bertz CT molecular complexity index is 813. The fourth-order valence-electron chi connectivity index (χ4n) is 3.69. The molecule has 0 aliphatic heterocycles. The maximum Gasteiger partial charge on any atom is 0.324 e. The summed E-state index contributed by atoms with van der Waals surface area (Å²) in [5.41, 5.74) is 7.02. The smallest absolute Gasteiger partial charge is 0.324 e. The van der Waals surface area contributed by atoms with Crippen LogP contribution < -0.4 is 5.73 Å². The molecular formula is C19H24N2O4. The van der Waals surface area contributed by atoms with Gasteiger partial charge in [-0.1, -0.05) is 18.2 Å². The highest BCUT2D eigenvalue weighted by molar-refractivity contribution is 5.85. The van der Waals surface area contributed by atoms with Crippen molar-refractivity contribution in [2.75, 3.05) is 6.61 Å². The van der Waals surface area contributed by atoms with Gasteiger partial charge in [-0.2, -0.15) is 0 Å². The van der Waals surface area contributed by atoms with Crippen molar-refractivity contribution < 1.29 is 19.4 Å². The first-order valence-electron chi connectivity index (χ1n) is 8.60. The van der Waals surface area contributed by atoms with Crippen LogP contribution in [0, 0.1) is 11.8 Å². The molecule has 1 aliphatic carbocycles. The monoisotopic (exact) mass is 344 g/mol. The summed E-state index contributed by atoms with van der Waals surface area (Å²) in [7, 11) is 1.97. The molecule has 1 fully saturated rings. The Morgan fingerprint density at radius 2 is 2.12 bits per heavy atom. The van der Waals surface area contributed by atoms with Gasteiger partial charge in [-0.25, -0.2) is 0 Å². The van der Waals surface area contributed by atoms with Crippen LogP contribution in [0.5, 0.6) is 0 Å². The summed E-state index contributed by atoms with van der Waals surface area (Å²) in [5.74, 6) is -2.15. The first kappa shape index (κ1) is 17.5. The first-order valence-corrected chi connectivity index (χ1v) is 8.60. The minimum atomic E-state index is -1.41. The van der Waals surface area contributed by atoms with E-state index in [0.29, 0.717) is 19.4 Å². The molecular weight excluding hydrogens is 320 g/mol. The molecule has 0 saturated heterocycles. The van der Waals surface area contributed by atoms with Gasteiger partial charge in [0.2, 0.25) is 0 Å². The Kier molecular flexibility index (Phi) is 4.56. The second kappa shape index (κ2) is 6.52. The van der Waals surface area contributed by atoms with Crippen LogP contribution in [-0.4, -0.2) is 33.8 Å². The number of fused-ring (bicyclic) bond motifs is 1. The summed E-state index contributed by atoms with van der Waals surface area (Å²) < 4.78 is 7.03. The quantitative estimate of drug-likeness (QED) is 0.750. The molecule has 3 atom stereocenters. The van der Waals surface area contributed by atoms with Gasteiger partial charge in [0.25, 0.3) is 0 Å². The van der Waals surface area contributed by atoms with E-state index in [2.05, 4.69) is 0 Å². The van der Waals surface area contributed by atoms with Crippen molar-refractivity contribution in [2.45, 2.75) is 31.7 Å². The molecule has 0 bridgehead atoms. The van der Waals surface area contributed by atoms with Gasteiger partial charge in [0.1, 0.15) is 5.54 Å². The fourth-order valence-corrected chi connectivity index (χ4v) is 3.69. The highest BCUT2D eigenvalue weighted by Gasteiger charge is 2.58. The third-order valence-electron chi connectivity index (χ3n) is 5.23. The Morgan fingerprint density at radius 1 is 1.40 bits per heavy atom. The largest absolute Gasteiger partial charge is 0.480 e. The molecule has 0 amide bonds. The Morgan fingerprint density at radius 3 is 2.80 bits per heavy atom.